The summed E-state index contributed by atoms with van der Waals surface area (Å²) in [5.74, 6) is 0.559. The lowest BCUT2D eigenvalue weighted by atomic mass is 10.2. The molecule has 6 nitrogen and oxygen atoms in total. The van der Waals surface area contributed by atoms with Crippen molar-refractivity contribution in [2.45, 2.75) is 13.1 Å². The molecule has 1 aromatic heterocycles. The first-order valence-electron chi connectivity index (χ1n) is 5.99. The Labute approximate surface area is 111 Å². The lowest BCUT2D eigenvalue weighted by molar-refractivity contribution is 0.240. The molecule has 1 heterocycles. The van der Waals surface area contributed by atoms with Gasteiger partial charge in [0.1, 0.15) is 5.82 Å². The molecule has 2 amide bonds. The largest absolute Gasteiger partial charge is 0.384 e. The molecule has 100 valence electrons. The number of hydrogen-bond donors (Lipinski definition) is 3. The second-order valence-electron chi connectivity index (χ2n) is 4.20. The molecule has 2 aromatic rings. The van der Waals surface area contributed by atoms with E-state index in [9.17, 15) is 4.79 Å². The Hall–Kier alpha value is -2.50. The van der Waals surface area contributed by atoms with E-state index in [-0.39, 0.29) is 6.03 Å². The van der Waals surface area contributed by atoms with E-state index in [1.54, 1.807) is 17.9 Å². The van der Waals surface area contributed by atoms with Crippen molar-refractivity contribution >= 4 is 11.8 Å². The quantitative estimate of drug-likeness (QED) is 0.765. The third kappa shape index (κ3) is 3.48. The van der Waals surface area contributed by atoms with Gasteiger partial charge >= 0.3 is 6.03 Å². The minimum Gasteiger partial charge on any atom is -0.384 e. The van der Waals surface area contributed by atoms with Crippen LogP contribution in [0.15, 0.2) is 36.5 Å². The minimum absolute atomic E-state index is 0.230. The Balaban J connectivity index is 1.78. The van der Waals surface area contributed by atoms with Crippen LogP contribution in [0.25, 0.3) is 0 Å². The maximum Gasteiger partial charge on any atom is 0.315 e. The topological polar surface area (TPSA) is 85.0 Å². The highest BCUT2D eigenvalue weighted by atomic mass is 16.2. The molecular formula is C13H17N5O. The second kappa shape index (κ2) is 5.90. The van der Waals surface area contributed by atoms with Crippen LogP contribution in [0.2, 0.25) is 0 Å². The summed E-state index contributed by atoms with van der Waals surface area (Å²) in [6.07, 6.45) is 1.65. The zero-order valence-electron chi connectivity index (χ0n) is 10.8. The van der Waals surface area contributed by atoms with Crippen molar-refractivity contribution in [3.05, 3.63) is 47.7 Å². The number of carbonyl (C=O) groups excluding carboxylic acids is 1. The number of amides is 2. The Morgan fingerprint density at radius 3 is 2.58 bits per heavy atom. The van der Waals surface area contributed by atoms with Gasteiger partial charge in [0, 0.05) is 25.7 Å². The number of benzene rings is 1. The van der Waals surface area contributed by atoms with Crippen molar-refractivity contribution in [1.82, 2.24) is 20.4 Å². The van der Waals surface area contributed by atoms with Crippen molar-refractivity contribution < 1.29 is 4.79 Å². The molecule has 0 atom stereocenters. The molecule has 0 fully saturated rings. The normalized spacial score (nSPS) is 10.2. The van der Waals surface area contributed by atoms with Gasteiger partial charge in [-0.3, -0.25) is 4.68 Å². The number of aryl methyl sites for hydroxylation is 1. The Morgan fingerprint density at radius 2 is 1.95 bits per heavy atom. The summed E-state index contributed by atoms with van der Waals surface area (Å²) in [6.45, 7) is 0.857. The highest BCUT2D eigenvalue weighted by Crippen LogP contribution is 2.08. The van der Waals surface area contributed by atoms with Crippen LogP contribution in [0.4, 0.5) is 10.6 Å². The summed E-state index contributed by atoms with van der Waals surface area (Å²) in [4.78, 5) is 11.6. The molecule has 0 aliphatic carbocycles. The van der Waals surface area contributed by atoms with Crippen LogP contribution < -0.4 is 16.4 Å². The molecule has 0 bridgehead atoms. The van der Waals surface area contributed by atoms with Crippen molar-refractivity contribution in [3.63, 3.8) is 0 Å². The summed E-state index contributed by atoms with van der Waals surface area (Å²) in [6, 6.07) is 9.50. The number of hydrogen-bond acceptors (Lipinski definition) is 3. The zero-order chi connectivity index (χ0) is 13.7. The first-order chi connectivity index (χ1) is 9.16. The van der Waals surface area contributed by atoms with Crippen LogP contribution in [-0.2, 0) is 20.1 Å². The van der Waals surface area contributed by atoms with Crippen LogP contribution in [0, 0.1) is 0 Å². The standard InChI is InChI=1S/C13H17N5O/c1-18-12(14)11(9-17-18)8-16-13(19)15-7-10-5-3-2-4-6-10/h2-6,9H,7-8,14H2,1H3,(H2,15,16,19). The first kappa shape index (κ1) is 12.9. The molecule has 4 N–H and O–H groups in total. The molecule has 0 spiro atoms. The molecule has 1 aromatic carbocycles. The molecular weight excluding hydrogens is 242 g/mol. The molecule has 2 rings (SSSR count). The van der Waals surface area contributed by atoms with E-state index in [0.717, 1.165) is 11.1 Å². The number of urea groups is 1. The van der Waals surface area contributed by atoms with Gasteiger partial charge in [-0.25, -0.2) is 4.79 Å². The number of nitrogens with two attached hydrogens (primary N) is 1. The van der Waals surface area contributed by atoms with Crippen LogP contribution in [0.1, 0.15) is 11.1 Å². The van der Waals surface area contributed by atoms with E-state index < -0.39 is 0 Å². The fourth-order valence-electron chi connectivity index (χ4n) is 1.64. The van der Waals surface area contributed by atoms with Crippen molar-refractivity contribution in [1.29, 1.82) is 0 Å². The van der Waals surface area contributed by atoms with E-state index in [0.29, 0.717) is 18.9 Å². The van der Waals surface area contributed by atoms with Crippen molar-refractivity contribution in [3.8, 4) is 0 Å². The fraction of sp³-hybridized carbons (Fsp3) is 0.231. The summed E-state index contributed by atoms with van der Waals surface area (Å²) < 4.78 is 1.57. The van der Waals surface area contributed by atoms with Crippen LogP contribution in [0.5, 0.6) is 0 Å². The third-order valence-electron chi connectivity index (χ3n) is 2.80. The first-order valence-corrected chi connectivity index (χ1v) is 5.99. The Bertz CT molecular complexity index is 549. The van der Waals surface area contributed by atoms with Gasteiger partial charge in [-0.1, -0.05) is 30.3 Å². The van der Waals surface area contributed by atoms with E-state index >= 15 is 0 Å². The maximum absolute atomic E-state index is 11.6. The maximum atomic E-state index is 11.6. The van der Waals surface area contributed by atoms with Gasteiger partial charge < -0.3 is 16.4 Å². The van der Waals surface area contributed by atoms with E-state index in [4.69, 9.17) is 5.73 Å². The predicted octanol–water partition coefficient (Wildman–Crippen LogP) is 1.00. The molecule has 0 unspecified atom stereocenters. The Kier molecular flexibility index (Phi) is 4.02. The lowest BCUT2D eigenvalue weighted by Gasteiger charge is -2.07. The highest BCUT2D eigenvalue weighted by molar-refractivity contribution is 5.74. The zero-order valence-corrected chi connectivity index (χ0v) is 10.8. The number of aromatic nitrogens is 2. The average molecular weight is 259 g/mol. The molecule has 6 heteroatoms. The molecule has 0 radical (unpaired) electrons. The molecule has 0 saturated heterocycles. The van der Waals surface area contributed by atoms with E-state index in [1.165, 1.54) is 0 Å². The average Bonchev–Trinajstić information content (AvgIpc) is 2.75. The monoisotopic (exact) mass is 259 g/mol. The fourth-order valence-corrected chi connectivity index (χ4v) is 1.64. The van der Waals surface area contributed by atoms with Crippen LogP contribution >= 0.6 is 0 Å². The number of nitrogen functional groups attached to an aromatic ring is 1. The van der Waals surface area contributed by atoms with Gasteiger partial charge in [0.25, 0.3) is 0 Å². The summed E-state index contributed by atoms with van der Waals surface area (Å²) in [5, 5.41) is 9.53. The predicted molar refractivity (Wildman–Crippen MR) is 73.1 cm³/mol. The molecule has 0 aliphatic rings. The molecule has 19 heavy (non-hydrogen) atoms. The smallest absolute Gasteiger partial charge is 0.315 e. The van der Waals surface area contributed by atoms with Gasteiger partial charge in [0.2, 0.25) is 0 Å². The summed E-state index contributed by atoms with van der Waals surface area (Å²) in [7, 11) is 1.76. The van der Waals surface area contributed by atoms with Gasteiger partial charge in [-0.2, -0.15) is 5.10 Å². The van der Waals surface area contributed by atoms with Gasteiger partial charge in [0.05, 0.1) is 6.20 Å². The molecule has 0 aliphatic heterocycles. The minimum atomic E-state index is -0.230. The van der Waals surface area contributed by atoms with Crippen molar-refractivity contribution in [2.75, 3.05) is 5.73 Å². The Morgan fingerprint density at radius 1 is 1.26 bits per heavy atom. The second-order valence-corrected chi connectivity index (χ2v) is 4.20. The van der Waals surface area contributed by atoms with E-state index in [2.05, 4.69) is 15.7 Å². The SMILES string of the molecule is Cn1ncc(CNC(=O)NCc2ccccc2)c1N. The number of anilines is 1. The van der Waals surface area contributed by atoms with Crippen molar-refractivity contribution in [2.24, 2.45) is 7.05 Å². The van der Waals surface area contributed by atoms with Gasteiger partial charge in [-0.15, -0.1) is 0 Å². The lowest BCUT2D eigenvalue weighted by Crippen LogP contribution is -2.34. The number of nitrogens with zero attached hydrogens (tertiary/aromatic N) is 2. The number of rotatable bonds is 4. The third-order valence-corrected chi connectivity index (χ3v) is 2.80. The summed E-state index contributed by atoms with van der Waals surface area (Å²) >= 11 is 0. The van der Waals surface area contributed by atoms with Crippen LogP contribution in [0.3, 0.4) is 0 Å². The van der Waals surface area contributed by atoms with E-state index in [1.807, 2.05) is 30.3 Å². The number of carbonyl (C=O) groups is 1. The van der Waals surface area contributed by atoms with Crippen LogP contribution in [-0.4, -0.2) is 15.8 Å². The van der Waals surface area contributed by atoms with Gasteiger partial charge in [-0.05, 0) is 5.56 Å². The van der Waals surface area contributed by atoms with Gasteiger partial charge in [0.15, 0.2) is 0 Å². The number of nitrogens with one attached hydrogen (secondary N) is 2. The molecule has 0 saturated carbocycles. The summed E-state index contributed by atoms with van der Waals surface area (Å²) in [5.41, 5.74) is 7.64. The highest BCUT2D eigenvalue weighted by Gasteiger charge is 2.06.